The van der Waals surface area contributed by atoms with Gasteiger partial charge >= 0.3 is 24.9 Å². The average Bonchev–Trinajstić information content (AvgIpc) is 1.81. The summed E-state index contributed by atoms with van der Waals surface area (Å²) in [6, 6.07) is 0. The molecule has 86 valence electrons. The first-order chi connectivity index (χ1) is 5.75. The van der Waals surface area contributed by atoms with Crippen LogP contribution in [0, 0.1) is 0 Å². The summed E-state index contributed by atoms with van der Waals surface area (Å²) in [5.74, 6) is 0. The minimum atomic E-state index is -6.99. The van der Waals surface area contributed by atoms with E-state index in [0.717, 1.165) is 0 Å². The number of hydrogen-bond acceptors (Lipinski definition) is 1. The van der Waals surface area contributed by atoms with Crippen molar-refractivity contribution in [2.45, 2.75) is 24.4 Å². The second-order valence-electron chi connectivity index (χ2n) is 2.46. The molecule has 0 spiro atoms. The van der Waals surface area contributed by atoms with Crippen LogP contribution in [0.2, 0.25) is 0 Å². The molecular weight excluding hydrogens is 244 g/mol. The van der Waals surface area contributed by atoms with Gasteiger partial charge in [0.1, 0.15) is 0 Å². The SMILES string of the molecule is CC(F)(F)P(=O)(O)C(F)(F)C(F)(F)F. The van der Waals surface area contributed by atoms with Gasteiger partial charge in [-0.2, -0.15) is 30.7 Å². The molecule has 0 bridgehead atoms. The summed E-state index contributed by atoms with van der Waals surface area (Å²) in [5.41, 5.74) is -11.3. The van der Waals surface area contributed by atoms with E-state index in [4.69, 9.17) is 4.89 Å². The molecule has 0 saturated carbocycles. The second kappa shape index (κ2) is 3.10. The molecule has 0 aliphatic carbocycles. The summed E-state index contributed by atoms with van der Waals surface area (Å²) in [5, 5.41) is 0. The fraction of sp³-hybridized carbons (Fsp3) is 1.00. The monoisotopic (exact) mass is 248 g/mol. The molecule has 2 nitrogen and oxygen atoms in total. The van der Waals surface area contributed by atoms with Gasteiger partial charge in [-0.3, -0.25) is 4.57 Å². The molecule has 1 unspecified atom stereocenters. The number of alkyl halides is 7. The molecule has 0 radical (unpaired) electrons. The van der Waals surface area contributed by atoms with Crippen molar-refractivity contribution in [1.29, 1.82) is 0 Å². The second-order valence-corrected chi connectivity index (χ2v) is 4.96. The van der Waals surface area contributed by atoms with E-state index in [2.05, 4.69) is 0 Å². The van der Waals surface area contributed by atoms with E-state index in [1.807, 2.05) is 0 Å². The smallest absolute Gasteiger partial charge is 0.336 e. The molecule has 0 fully saturated rings. The summed E-state index contributed by atoms with van der Waals surface area (Å²) < 4.78 is 92.8. The van der Waals surface area contributed by atoms with Crippen molar-refractivity contribution < 1.29 is 40.2 Å². The summed E-state index contributed by atoms with van der Waals surface area (Å²) in [7, 11) is -6.99. The van der Waals surface area contributed by atoms with Crippen LogP contribution in [0.15, 0.2) is 0 Å². The lowest BCUT2D eigenvalue weighted by Gasteiger charge is -2.27. The third-order valence-electron chi connectivity index (χ3n) is 1.25. The summed E-state index contributed by atoms with van der Waals surface area (Å²) in [6.45, 7) is -0.479. The van der Waals surface area contributed by atoms with Crippen LogP contribution >= 0.6 is 7.37 Å². The quantitative estimate of drug-likeness (QED) is 0.602. The molecule has 10 heteroatoms. The highest BCUT2D eigenvalue weighted by atomic mass is 31.2. The van der Waals surface area contributed by atoms with Gasteiger partial charge in [0, 0.05) is 6.92 Å². The van der Waals surface area contributed by atoms with Crippen LogP contribution in [0.3, 0.4) is 0 Å². The van der Waals surface area contributed by atoms with Crippen LogP contribution in [0.5, 0.6) is 0 Å². The zero-order valence-electron chi connectivity index (χ0n) is 6.45. The third kappa shape index (κ3) is 1.88. The lowest BCUT2D eigenvalue weighted by Crippen LogP contribution is -2.40. The Morgan fingerprint density at radius 1 is 1.00 bits per heavy atom. The van der Waals surface area contributed by atoms with Gasteiger partial charge in [0.05, 0.1) is 0 Å². The lowest BCUT2D eigenvalue weighted by atomic mass is 10.7. The van der Waals surface area contributed by atoms with Gasteiger partial charge in [-0.15, -0.1) is 0 Å². The topological polar surface area (TPSA) is 37.3 Å². The number of halogens is 7. The molecule has 0 saturated heterocycles. The van der Waals surface area contributed by atoms with E-state index in [1.54, 1.807) is 0 Å². The maximum Gasteiger partial charge on any atom is 0.463 e. The Hall–Kier alpha value is -0.300. The first-order valence-corrected chi connectivity index (χ1v) is 4.56. The Morgan fingerprint density at radius 2 is 1.29 bits per heavy atom. The van der Waals surface area contributed by atoms with Gasteiger partial charge in [0.15, 0.2) is 0 Å². The van der Waals surface area contributed by atoms with Crippen molar-refractivity contribution in [3.8, 4) is 0 Å². The van der Waals surface area contributed by atoms with E-state index in [0.29, 0.717) is 0 Å². The molecule has 1 N–H and O–H groups in total. The molecule has 1 atom stereocenters. The molecule has 0 aliphatic heterocycles. The molecule has 0 aromatic rings. The Morgan fingerprint density at radius 3 is 1.36 bits per heavy atom. The highest BCUT2D eigenvalue weighted by molar-refractivity contribution is 7.60. The van der Waals surface area contributed by atoms with E-state index in [-0.39, 0.29) is 0 Å². The first kappa shape index (κ1) is 13.7. The van der Waals surface area contributed by atoms with Gasteiger partial charge in [0.25, 0.3) is 0 Å². The van der Waals surface area contributed by atoms with Crippen molar-refractivity contribution >= 4 is 7.37 Å². The molecule has 0 heterocycles. The van der Waals surface area contributed by atoms with E-state index >= 15 is 0 Å². The highest BCUT2D eigenvalue weighted by Gasteiger charge is 2.75. The summed E-state index contributed by atoms with van der Waals surface area (Å²) in [6.07, 6.45) is -6.49. The van der Waals surface area contributed by atoms with Crippen molar-refractivity contribution in [3.63, 3.8) is 0 Å². The van der Waals surface area contributed by atoms with Crippen molar-refractivity contribution in [2.75, 3.05) is 0 Å². The Labute approximate surface area is 73.2 Å². The molecule has 0 aromatic heterocycles. The van der Waals surface area contributed by atoms with Crippen LogP contribution in [0.1, 0.15) is 6.92 Å². The average molecular weight is 248 g/mol. The van der Waals surface area contributed by atoms with E-state index < -0.39 is 31.8 Å². The summed E-state index contributed by atoms with van der Waals surface area (Å²) in [4.78, 5) is 8.05. The Bertz CT molecular complexity index is 264. The van der Waals surface area contributed by atoms with Crippen molar-refractivity contribution in [3.05, 3.63) is 0 Å². The van der Waals surface area contributed by atoms with Gasteiger partial charge in [0.2, 0.25) is 0 Å². The molecule has 14 heavy (non-hydrogen) atoms. The summed E-state index contributed by atoms with van der Waals surface area (Å²) >= 11 is 0. The highest BCUT2D eigenvalue weighted by Crippen LogP contribution is 2.71. The van der Waals surface area contributed by atoms with Crippen LogP contribution in [-0.2, 0) is 4.57 Å². The molecule has 0 rings (SSSR count). The van der Waals surface area contributed by atoms with E-state index in [9.17, 15) is 35.3 Å². The molecule has 0 amide bonds. The first-order valence-electron chi connectivity index (χ1n) is 2.90. The molecular formula is C4H4F7O2P. The molecule has 0 aliphatic rings. The maximum atomic E-state index is 12.1. The van der Waals surface area contributed by atoms with Crippen LogP contribution < -0.4 is 0 Å². The lowest BCUT2D eigenvalue weighted by molar-refractivity contribution is -0.248. The Kier molecular flexibility index (Phi) is 3.03. The van der Waals surface area contributed by atoms with Crippen LogP contribution in [0.25, 0.3) is 0 Å². The normalized spacial score (nSPS) is 19.2. The number of hydrogen-bond donors (Lipinski definition) is 1. The molecule has 0 aromatic carbocycles. The van der Waals surface area contributed by atoms with Gasteiger partial charge < -0.3 is 4.89 Å². The van der Waals surface area contributed by atoms with Crippen LogP contribution in [-0.4, -0.2) is 22.4 Å². The van der Waals surface area contributed by atoms with Gasteiger partial charge in [-0.25, -0.2) is 0 Å². The van der Waals surface area contributed by atoms with E-state index in [1.165, 1.54) is 0 Å². The number of rotatable bonds is 2. The largest absolute Gasteiger partial charge is 0.463 e. The zero-order chi connectivity index (χ0) is 12.0. The standard InChI is InChI=1S/C4H4F7O2P/c1-2(5,6)14(12,13)4(10,11)3(7,8)9/h1H3,(H,12,13). The van der Waals surface area contributed by atoms with Gasteiger partial charge in [-0.05, 0) is 0 Å². The third-order valence-corrected chi connectivity index (χ3v) is 3.33. The minimum absolute atomic E-state index is 0.479. The van der Waals surface area contributed by atoms with Crippen molar-refractivity contribution in [2.24, 2.45) is 0 Å². The predicted molar refractivity (Wildman–Crippen MR) is 31.4 cm³/mol. The van der Waals surface area contributed by atoms with Crippen LogP contribution in [0.4, 0.5) is 30.7 Å². The fourth-order valence-electron chi connectivity index (χ4n) is 0.418. The van der Waals surface area contributed by atoms with Gasteiger partial charge in [-0.1, -0.05) is 0 Å². The predicted octanol–water partition coefficient (Wildman–Crippen LogP) is 3.02. The maximum absolute atomic E-state index is 12.1. The zero-order valence-corrected chi connectivity index (χ0v) is 7.34. The Balaban J connectivity index is 5.43. The van der Waals surface area contributed by atoms with Crippen molar-refractivity contribution in [1.82, 2.24) is 0 Å². The fourth-order valence-corrected chi connectivity index (χ4v) is 1.26. The minimum Gasteiger partial charge on any atom is -0.336 e.